The van der Waals surface area contributed by atoms with E-state index in [2.05, 4.69) is 25.1 Å². The van der Waals surface area contributed by atoms with E-state index in [4.69, 9.17) is 0 Å². The molecule has 1 unspecified atom stereocenters. The van der Waals surface area contributed by atoms with Gasteiger partial charge in [-0.3, -0.25) is 33.2 Å². The van der Waals surface area contributed by atoms with Gasteiger partial charge in [-0.05, 0) is 25.0 Å². The number of aromatic amines is 1. The van der Waals surface area contributed by atoms with Crippen LogP contribution in [0.3, 0.4) is 0 Å². The van der Waals surface area contributed by atoms with Crippen molar-refractivity contribution in [3.05, 3.63) is 62.1 Å². The van der Waals surface area contributed by atoms with E-state index in [1.54, 1.807) is 10.6 Å². The molecular formula is C22H27N7O3. The van der Waals surface area contributed by atoms with Gasteiger partial charge in [-0.1, -0.05) is 6.92 Å². The number of aryl methyl sites for hydroxylation is 1. The molecule has 32 heavy (non-hydrogen) atoms. The fourth-order valence-corrected chi connectivity index (χ4v) is 4.83. The zero-order valence-corrected chi connectivity index (χ0v) is 18.3. The average Bonchev–Trinajstić information content (AvgIpc) is 3.18. The van der Waals surface area contributed by atoms with Crippen molar-refractivity contribution in [2.45, 2.75) is 38.9 Å². The number of anilines is 1. The Hall–Kier alpha value is -3.40. The molecule has 0 radical (unpaired) electrons. The standard InChI is InChI=1S/C22H27N7O3/c1-3-14-10-27-12-15(24-22(27)25-19(14)30)11-26-8-9-28-16(13-26)6-7-29-18(28)5-4-17(21(29)32)20(31)23-2/h4-5,10,12,16H,3,6-9,11,13H2,1-2H3,(H,23,31)(H,24,25,30). The summed E-state index contributed by atoms with van der Waals surface area (Å²) in [6, 6.07) is 3.82. The number of hydrogen-bond acceptors (Lipinski definition) is 6. The van der Waals surface area contributed by atoms with Gasteiger partial charge in [0.2, 0.25) is 5.78 Å². The van der Waals surface area contributed by atoms with Gasteiger partial charge in [-0.2, -0.15) is 0 Å². The van der Waals surface area contributed by atoms with Crippen molar-refractivity contribution >= 4 is 17.5 Å². The topological polar surface area (TPSA) is 108 Å². The number of rotatable bonds is 4. The fourth-order valence-electron chi connectivity index (χ4n) is 4.83. The molecule has 0 aromatic carbocycles. The van der Waals surface area contributed by atoms with Crippen LogP contribution >= 0.6 is 0 Å². The zero-order chi connectivity index (χ0) is 22.4. The number of aromatic nitrogens is 4. The smallest absolute Gasteiger partial charge is 0.264 e. The van der Waals surface area contributed by atoms with E-state index < -0.39 is 0 Å². The number of H-pyrrole nitrogens is 1. The lowest BCUT2D eigenvalue weighted by atomic mass is 10.0. The SMILES string of the molecule is CCc1cn2cc(CN3CCN4c5ccc(C(=O)NC)c(=O)n5CCC4C3)nc2[nH]c1=O. The van der Waals surface area contributed by atoms with E-state index in [-0.39, 0.29) is 22.6 Å². The molecule has 0 spiro atoms. The van der Waals surface area contributed by atoms with Crippen LogP contribution < -0.4 is 21.3 Å². The normalized spacial score (nSPS) is 18.4. The zero-order valence-electron chi connectivity index (χ0n) is 18.3. The van der Waals surface area contributed by atoms with Crippen molar-refractivity contribution in [1.82, 2.24) is 29.2 Å². The number of nitrogens with zero attached hydrogens (tertiary/aromatic N) is 5. The van der Waals surface area contributed by atoms with Crippen molar-refractivity contribution in [2.75, 3.05) is 31.6 Å². The van der Waals surface area contributed by atoms with E-state index in [1.807, 2.05) is 29.8 Å². The minimum absolute atomic E-state index is 0.0820. The molecule has 168 valence electrons. The summed E-state index contributed by atoms with van der Waals surface area (Å²) >= 11 is 0. The predicted octanol–water partition coefficient (Wildman–Crippen LogP) is 0.201. The average molecular weight is 438 g/mol. The molecule has 2 aliphatic rings. The van der Waals surface area contributed by atoms with Crippen LogP contribution in [0, 0.1) is 0 Å². The lowest BCUT2D eigenvalue weighted by molar-refractivity contribution is 0.0960. The number of carbonyl (C=O) groups is 1. The number of imidazole rings is 1. The molecule has 5 heterocycles. The van der Waals surface area contributed by atoms with Gasteiger partial charge in [0.1, 0.15) is 11.4 Å². The second kappa shape index (κ2) is 7.94. The molecule has 10 heteroatoms. The Labute approximate surface area is 184 Å². The van der Waals surface area contributed by atoms with Crippen molar-refractivity contribution in [1.29, 1.82) is 0 Å². The van der Waals surface area contributed by atoms with Gasteiger partial charge in [0.05, 0.1) is 5.69 Å². The summed E-state index contributed by atoms with van der Waals surface area (Å²) in [6.45, 7) is 5.78. The van der Waals surface area contributed by atoms with Crippen LogP contribution in [0.1, 0.15) is 35.0 Å². The maximum atomic E-state index is 12.8. The Kier molecular flexibility index (Phi) is 5.09. The molecule has 1 amide bonds. The van der Waals surface area contributed by atoms with Gasteiger partial charge in [0, 0.05) is 63.8 Å². The third-order valence-electron chi connectivity index (χ3n) is 6.53. The summed E-state index contributed by atoms with van der Waals surface area (Å²) in [7, 11) is 1.53. The van der Waals surface area contributed by atoms with Crippen LogP contribution in [0.25, 0.3) is 5.78 Å². The molecule has 1 fully saturated rings. The molecule has 1 atom stereocenters. The van der Waals surface area contributed by atoms with Gasteiger partial charge in [0.15, 0.2) is 0 Å². The Morgan fingerprint density at radius 3 is 2.84 bits per heavy atom. The Morgan fingerprint density at radius 2 is 2.06 bits per heavy atom. The molecule has 3 aromatic heterocycles. The Balaban J connectivity index is 1.33. The molecule has 0 saturated carbocycles. The third-order valence-corrected chi connectivity index (χ3v) is 6.53. The maximum absolute atomic E-state index is 12.8. The highest BCUT2D eigenvalue weighted by Crippen LogP contribution is 2.27. The van der Waals surface area contributed by atoms with Crippen molar-refractivity contribution in [3.63, 3.8) is 0 Å². The molecule has 1 saturated heterocycles. The van der Waals surface area contributed by atoms with Crippen LogP contribution in [0.2, 0.25) is 0 Å². The lowest BCUT2D eigenvalue weighted by Crippen LogP contribution is -2.57. The Morgan fingerprint density at radius 1 is 1.22 bits per heavy atom. The van der Waals surface area contributed by atoms with Crippen molar-refractivity contribution < 1.29 is 4.79 Å². The van der Waals surface area contributed by atoms with Crippen LogP contribution in [-0.4, -0.2) is 62.5 Å². The van der Waals surface area contributed by atoms with Crippen molar-refractivity contribution in [2.24, 2.45) is 0 Å². The highest BCUT2D eigenvalue weighted by molar-refractivity contribution is 5.93. The molecule has 10 nitrogen and oxygen atoms in total. The van der Waals surface area contributed by atoms with Gasteiger partial charge in [-0.25, -0.2) is 4.98 Å². The first-order valence-electron chi connectivity index (χ1n) is 11.0. The molecular weight excluding hydrogens is 410 g/mol. The Bertz CT molecular complexity index is 1310. The number of amides is 1. The number of carbonyl (C=O) groups excluding carboxylic acids is 1. The first kappa shape index (κ1) is 20.5. The van der Waals surface area contributed by atoms with Gasteiger partial charge >= 0.3 is 0 Å². The van der Waals surface area contributed by atoms with E-state index in [0.717, 1.165) is 43.1 Å². The molecule has 5 rings (SSSR count). The first-order chi connectivity index (χ1) is 15.5. The van der Waals surface area contributed by atoms with Crippen molar-refractivity contribution in [3.8, 4) is 0 Å². The quantitative estimate of drug-likeness (QED) is 0.604. The van der Waals surface area contributed by atoms with E-state index in [1.165, 1.54) is 7.05 Å². The second-order valence-electron chi connectivity index (χ2n) is 8.44. The number of pyridine rings is 1. The number of nitrogens with one attached hydrogen (secondary N) is 2. The fraction of sp³-hybridized carbons (Fsp3) is 0.455. The maximum Gasteiger partial charge on any atom is 0.264 e. The van der Waals surface area contributed by atoms with Gasteiger partial charge < -0.3 is 10.2 Å². The lowest BCUT2D eigenvalue weighted by Gasteiger charge is -2.46. The minimum Gasteiger partial charge on any atom is -0.355 e. The highest BCUT2D eigenvalue weighted by Gasteiger charge is 2.33. The van der Waals surface area contributed by atoms with Gasteiger partial charge in [0.25, 0.3) is 17.0 Å². The van der Waals surface area contributed by atoms with Crippen LogP contribution in [0.15, 0.2) is 34.1 Å². The molecule has 2 aliphatic heterocycles. The number of hydrogen-bond donors (Lipinski definition) is 2. The summed E-state index contributed by atoms with van der Waals surface area (Å²) in [5.41, 5.74) is 1.54. The summed E-state index contributed by atoms with van der Waals surface area (Å²) in [4.78, 5) is 48.9. The second-order valence-corrected chi connectivity index (χ2v) is 8.44. The van der Waals surface area contributed by atoms with E-state index in [9.17, 15) is 14.4 Å². The molecule has 3 aromatic rings. The summed E-state index contributed by atoms with van der Waals surface area (Å²) in [5.74, 6) is 1.10. The summed E-state index contributed by atoms with van der Waals surface area (Å²) < 4.78 is 3.61. The monoisotopic (exact) mass is 437 g/mol. The molecule has 2 N–H and O–H groups in total. The largest absolute Gasteiger partial charge is 0.355 e. The molecule has 0 aliphatic carbocycles. The number of fused-ring (bicyclic) bond motifs is 4. The van der Waals surface area contributed by atoms with E-state index >= 15 is 0 Å². The first-order valence-corrected chi connectivity index (χ1v) is 11.0. The third kappa shape index (κ3) is 3.40. The van der Waals surface area contributed by atoms with Crippen LogP contribution in [0.5, 0.6) is 0 Å². The van der Waals surface area contributed by atoms with Gasteiger partial charge in [-0.15, -0.1) is 0 Å². The minimum atomic E-state index is -0.350. The van der Waals surface area contributed by atoms with Crippen LogP contribution in [-0.2, 0) is 19.5 Å². The van der Waals surface area contributed by atoms with Crippen LogP contribution in [0.4, 0.5) is 5.82 Å². The molecule has 0 bridgehead atoms. The highest BCUT2D eigenvalue weighted by atomic mass is 16.2. The predicted molar refractivity (Wildman–Crippen MR) is 120 cm³/mol. The van der Waals surface area contributed by atoms with E-state index in [0.29, 0.717) is 31.3 Å². The number of piperazine rings is 1. The summed E-state index contributed by atoms with van der Waals surface area (Å²) in [5, 5.41) is 2.53. The summed E-state index contributed by atoms with van der Waals surface area (Å²) in [6.07, 6.45) is 5.36.